The second-order valence-corrected chi connectivity index (χ2v) is 11.1. The standard InChI is InChI=1S/C28H46N4O5/c1-3-4-11-30(12-5-15-33)27(35)20-32-19-23(21-6-7-25-22(17-21)10-16-37-25)18-24(32)8-13-31-14-9-26(34)29(2)28(31)36/h7,17,21,23-24,26,33-34H,3-6,8-16,18-20H2,1-2H3/t21?,23-,24+,26?/m1/s1. The Bertz CT molecular complexity index is 854. The lowest BCUT2D eigenvalue weighted by molar-refractivity contribution is -0.133. The van der Waals surface area contributed by atoms with Gasteiger partial charge in [-0.2, -0.15) is 0 Å². The number of amides is 3. The van der Waals surface area contributed by atoms with E-state index in [2.05, 4.69) is 24.0 Å². The van der Waals surface area contributed by atoms with E-state index in [1.165, 1.54) is 10.5 Å². The summed E-state index contributed by atoms with van der Waals surface area (Å²) in [4.78, 5) is 33.6. The van der Waals surface area contributed by atoms with Crippen molar-refractivity contribution in [3.8, 4) is 0 Å². The number of ether oxygens (including phenoxy) is 1. The molecule has 4 atom stereocenters. The molecule has 3 amide bonds. The zero-order valence-corrected chi connectivity index (χ0v) is 22.7. The van der Waals surface area contributed by atoms with E-state index in [0.29, 0.717) is 50.9 Å². The minimum absolute atomic E-state index is 0.0902. The molecule has 2 N–H and O–H groups in total. The highest BCUT2D eigenvalue weighted by Gasteiger charge is 2.39. The SMILES string of the molecule is CCCCN(CCCO)C(=O)CN1C[C@H](C2C=C3CCOC3=CC2)C[C@@H]1CCN1CCC(O)N(C)C1=O. The maximum absolute atomic E-state index is 13.4. The van der Waals surface area contributed by atoms with Gasteiger partial charge in [-0.1, -0.05) is 19.4 Å². The Kier molecular flexibility index (Phi) is 9.90. The molecule has 0 saturated carbocycles. The number of carbonyl (C=O) groups is 2. The number of urea groups is 1. The Morgan fingerprint density at radius 3 is 2.86 bits per heavy atom. The van der Waals surface area contributed by atoms with Crippen LogP contribution < -0.4 is 0 Å². The van der Waals surface area contributed by atoms with Crippen LogP contribution in [-0.2, 0) is 9.53 Å². The molecule has 3 heterocycles. The highest BCUT2D eigenvalue weighted by Crippen LogP contribution is 2.39. The molecule has 0 aromatic rings. The second-order valence-electron chi connectivity index (χ2n) is 11.1. The highest BCUT2D eigenvalue weighted by molar-refractivity contribution is 5.78. The van der Waals surface area contributed by atoms with Gasteiger partial charge in [-0.25, -0.2) is 4.79 Å². The summed E-state index contributed by atoms with van der Waals surface area (Å²) in [5, 5.41) is 19.3. The highest BCUT2D eigenvalue weighted by atomic mass is 16.5. The molecule has 1 aliphatic carbocycles. The summed E-state index contributed by atoms with van der Waals surface area (Å²) >= 11 is 0. The van der Waals surface area contributed by atoms with E-state index in [4.69, 9.17) is 4.74 Å². The molecule has 0 aromatic carbocycles. The predicted octanol–water partition coefficient (Wildman–Crippen LogP) is 2.40. The Morgan fingerprint density at radius 2 is 2.08 bits per heavy atom. The van der Waals surface area contributed by atoms with Gasteiger partial charge in [-0.15, -0.1) is 0 Å². The van der Waals surface area contributed by atoms with Crippen LogP contribution in [0.2, 0.25) is 0 Å². The second kappa shape index (κ2) is 13.1. The molecule has 9 nitrogen and oxygen atoms in total. The third-order valence-electron chi connectivity index (χ3n) is 8.57. The smallest absolute Gasteiger partial charge is 0.321 e. The number of aliphatic hydroxyl groups excluding tert-OH is 2. The number of rotatable bonds is 12. The van der Waals surface area contributed by atoms with E-state index in [1.807, 2.05) is 9.80 Å². The number of hydrogen-bond donors (Lipinski definition) is 2. The molecule has 9 heteroatoms. The fraction of sp³-hybridized carbons (Fsp3) is 0.786. The molecule has 37 heavy (non-hydrogen) atoms. The quantitative estimate of drug-likeness (QED) is 0.412. The Hall–Kier alpha value is -2.10. The zero-order valence-electron chi connectivity index (χ0n) is 22.7. The molecule has 3 fully saturated rings. The first kappa shape index (κ1) is 27.9. The molecule has 0 radical (unpaired) electrons. The summed E-state index contributed by atoms with van der Waals surface area (Å²) in [5.41, 5.74) is 1.33. The topological polar surface area (TPSA) is 96.8 Å². The van der Waals surface area contributed by atoms with Crippen LogP contribution in [0.3, 0.4) is 0 Å². The van der Waals surface area contributed by atoms with Gasteiger partial charge in [0.1, 0.15) is 12.0 Å². The molecule has 4 aliphatic rings. The van der Waals surface area contributed by atoms with E-state index in [-0.39, 0.29) is 24.6 Å². The van der Waals surface area contributed by atoms with E-state index in [9.17, 15) is 19.8 Å². The van der Waals surface area contributed by atoms with Crippen molar-refractivity contribution in [3.05, 3.63) is 23.5 Å². The van der Waals surface area contributed by atoms with Crippen LogP contribution in [0.15, 0.2) is 23.5 Å². The number of nitrogens with zero attached hydrogens (tertiary/aromatic N) is 4. The van der Waals surface area contributed by atoms with Gasteiger partial charge < -0.3 is 29.6 Å². The van der Waals surface area contributed by atoms with E-state index < -0.39 is 6.23 Å². The van der Waals surface area contributed by atoms with Gasteiger partial charge in [-0.05, 0) is 55.6 Å². The first-order valence-corrected chi connectivity index (χ1v) is 14.3. The fourth-order valence-corrected chi connectivity index (χ4v) is 6.24. The van der Waals surface area contributed by atoms with Crippen LogP contribution in [0.5, 0.6) is 0 Å². The van der Waals surface area contributed by atoms with Crippen molar-refractivity contribution in [3.63, 3.8) is 0 Å². The number of hydrogen-bond acceptors (Lipinski definition) is 6. The summed E-state index contributed by atoms with van der Waals surface area (Å²) in [7, 11) is 1.65. The van der Waals surface area contributed by atoms with Crippen molar-refractivity contribution < 1.29 is 24.5 Å². The summed E-state index contributed by atoms with van der Waals surface area (Å²) in [5.74, 6) is 2.11. The first-order valence-electron chi connectivity index (χ1n) is 14.3. The normalized spacial score (nSPS) is 28.2. The molecular formula is C28H46N4O5. The van der Waals surface area contributed by atoms with Gasteiger partial charge in [0.15, 0.2) is 0 Å². The van der Waals surface area contributed by atoms with Gasteiger partial charge in [0.05, 0.1) is 13.2 Å². The van der Waals surface area contributed by atoms with E-state index in [1.54, 1.807) is 7.05 Å². The minimum Gasteiger partial charge on any atom is -0.493 e. The van der Waals surface area contributed by atoms with Gasteiger partial charge in [0.2, 0.25) is 5.91 Å². The maximum Gasteiger partial charge on any atom is 0.321 e. The summed E-state index contributed by atoms with van der Waals surface area (Å²) in [6.45, 7) is 6.77. The maximum atomic E-state index is 13.4. The molecule has 3 aliphatic heterocycles. The van der Waals surface area contributed by atoms with Gasteiger partial charge in [0.25, 0.3) is 0 Å². The average molecular weight is 519 g/mol. The van der Waals surface area contributed by atoms with Crippen LogP contribution in [-0.4, -0.2) is 114 Å². The number of fused-ring (bicyclic) bond motifs is 1. The molecule has 2 unspecified atom stereocenters. The molecule has 0 bridgehead atoms. The van der Waals surface area contributed by atoms with Gasteiger partial charge in [0, 0.05) is 65.3 Å². The Labute approximate surface area is 221 Å². The minimum atomic E-state index is -0.710. The molecule has 0 aromatic heterocycles. The van der Waals surface area contributed by atoms with E-state index in [0.717, 1.165) is 64.0 Å². The van der Waals surface area contributed by atoms with Crippen molar-refractivity contribution in [1.29, 1.82) is 0 Å². The average Bonchev–Trinajstić information content (AvgIpc) is 3.53. The van der Waals surface area contributed by atoms with Crippen LogP contribution in [0, 0.1) is 11.8 Å². The number of aliphatic hydroxyl groups is 2. The van der Waals surface area contributed by atoms with Gasteiger partial charge in [-0.3, -0.25) is 9.69 Å². The summed E-state index contributed by atoms with van der Waals surface area (Å²) in [6, 6.07) is 0.106. The van der Waals surface area contributed by atoms with Crippen molar-refractivity contribution in [2.75, 3.05) is 59.5 Å². The zero-order chi connectivity index (χ0) is 26.4. The summed E-state index contributed by atoms with van der Waals surface area (Å²) in [6.07, 6.45) is 10.9. The number of unbranched alkanes of at least 4 members (excludes halogenated alkanes) is 1. The van der Waals surface area contributed by atoms with Crippen LogP contribution >= 0.6 is 0 Å². The van der Waals surface area contributed by atoms with Crippen molar-refractivity contribution in [1.82, 2.24) is 19.6 Å². The third-order valence-corrected chi connectivity index (χ3v) is 8.57. The molecule has 3 saturated heterocycles. The Morgan fingerprint density at radius 1 is 1.27 bits per heavy atom. The molecule has 0 spiro atoms. The van der Waals surface area contributed by atoms with Crippen LogP contribution in [0.4, 0.5) is 4.79 Å². The summed E-state index contributed by atoms with van der Waals surface area (Å²) < 4.78 is 5.74. The molecular weight excluding hydrogens is 472 g/mol. The monoisotopic (exact) mass is 518 g/mol. The molecule has 208 valence electrons. The van der Waals surface area contributed by atoms with Crippen molar-refractivity contribution in [2.24, 2.45) is 11.8 Å². The molecule has 4 rings (SSSR count). The van der Waals surface area contributed by atoms with Gasteiger partial charge >= 0.3 is 6.03 Å². The van der Waals surface area contributed by atoms with Crippen LogP contribution in [0.25, 0.3) is 0 Å². The lowest BCUT2D eigenvalue weighted by atomic mass is 9.82. The van der Waals surface area contributed by atoms with E-state index >= 15 is 0 Å². The lowest BCUT2D eigenvalue weighted by Crippen LogP contribution is -2.53. The number of carbonyl (C=O) groups excluding carboxylic acids is 2. The largest absolute Gasteiger partial charge is 0.493 e. The fourth-order valence-electron chi connectivity index (χ4n) is 6.24. The van der Waals surface area contributed by atoms with Crippen LogP contribution in [0.1, 0.15) is 58.3 Å². The predicted molar refractivity (Wildman–Crippen MR) is 141 cm³/mol. The van der Waals surface area contributed by atoms with Crippen molar-refractivity contribution in [2.45, 2.75) is 70.6 Å². The van der Waals surface area contributed by atoms with Crippen molar-refractivity contribution >= 4 is 11.9 Å². The lowest BCUT2D eigenvalue weighted by Gasteiger charge is -2.37. The third kappa shape index (κ3) is 6.86. The number of allylic oxidation sites excluding steroid dienone is 3. The first-order chi connectivity index (χ1) is 17.9. The number of likely N-dealkylation sites (tertiary alicyclic amines) is 1. The Balaban J connectivity index is 1.42.